The first-order valence-electron chi connectivity index (χ1n) is 9.41. The van der Waals surface area contributed by atoms with Gasteiger partial charge in [-0.05, 0) is 61.7 Å². The lowest BCUT2D eigenvalue weighted by Crippen LogP contribution is -2.32. The first-order chi connectivity index (χ1) is 13.1. The van der Waals surface area contributed by atoms with Crippen LogP contribution in [0.1, 0.15) is 29.6 Å². The van der Waals surface area contributed by atoms with Crippen LogP contribution >= 0.6 is 0 Å². The molecule has 27 heavy (non-hydrogen) atoms. The number of hydrogen-bond donors (Lipinski definition) is 1. The minimum atomic E-state index is -0.992. The van der Waals surface area contributed by atoms with Crippen molar-refractivity contribution in [3.05, 3.63) is 54.1 Å². The Morgan fingerprint density at radius 2 is 1.41 bits per heavy atom. The number of nitrogens with zero attached hydrogens (tertiary/aromatic N) is 3. The highest BCUT2D eigenvalue weighted by atomic mass is 16.4. The zero-order valence-electron chi connectivity index (χ0n) is 15.2. The molecule has 0 spiro atoms. The van der Waals surface area contributed by atoms with Gasteiger partial charge in [-0.1, -0.05) is 6.07 Å². The predicted octanol–water partition coefficient (Wildman–Crippen LogP) is 3.82. The third kappa shape index (κ3) is 3.47. The minimum absolute atomic E-state index is 0.122. The fourth-order valence-corrected chi connectivity index (χ4v) is 3.82. The average Bonchev–Trinajstić information content (AvgIpc) is 3.10. The normalized spacial score (nSPS) is 17.5. The van der Waals surface area contributed by atoms with Crippen molar-refractivity contribution in [2.45, 2.75) is 19.3 Å². The predicted molar refractivity (Wildman–Crippen MR) is 106 cm³/mol. The van der Waals surface area contributed by atoms with E-state index in [1.54, 1.807) is 28.0 Å². The molecule has 0 aromatic heterocycles. The number of aromatic carboxylic acids is 1. The summed E-state index contributed by atoms with van der Waals surface area (Å²) in [5.74, 6) is -0.992. The second kappa shape index (κ2) is 7.31. The molecule has 2 fully saturated rings. The highest BCUT2D eigenvalue weighted by molar-refractivity contribution is 6.06. The summed E-state index contributed by atoms with van der Waals surface area (Å²) < 4.78 is 0. The van der Waals surface area contributed by atoms with Gasteiger partial charge in [0.15, 0.2) is 0 Å². The summed E-state index contributed by atoms with van der Waals surface area (Å²) in [6.07, 6.45) is 3.77. The smallest absolute Gasteiger partial charge is 0.335 e. The topological polar surface area (TPSA) is 64.1 Å². The number of piperidine rings is 1. The number of anilines is 3. The zero-order chi connectivity index (χ0) is 18.8. The van der Waals surface area contributed by atoms with Gasteiger partial charge in [-0.25, -0.2) is 9.59 Å². The molecule has 0 aliphatic carbocycles. The Labute approximate surface area is 158 Å². The number of urea groups is 1. The summed E-state index contributed by atoms with van der Waals surface area (Å²) in [6.45, 7) is 3.31. The molecule has 6 heteroatoms. The van der Waals surface area contributed by atoms with Crippen LogP contribution in [0, 0.1) is 0 Å². The second-order valence-corrected chi connectivity index (χ2v) is 7.01. The van der Waals surface area contributed by atoms with Gasteiger partial charge < -0.3 is 10.0 Å². The van der Waals surface area contributed by atoms with Crippen LogP contribution in [0.15, 0.2) is 48.5 Å². The summed E-state index contributed by atoms with van der Waals surface area (Å²) in [5.41, 5.74) is 2.88. The number of carboxylic acid groups (broad SMARTS) is 1. The van der Waals surface area contributed by atoms with Gasteiger partial charge in [-0.2, -0.15) is 0 Å². The molecule has 2 aliphatic rings. The van der Waals surface area contributed by atoms with E-state index in [9.17, 15) is 9.59 Å². The number of amides is 2. The second-order valence-electron chi connectivity index (χ2n) is 7.01. The molecule has 2 aromatic rings. The first-order valence-corrected chi connectivity index (χ1v) is 9.41. The van der Waals surface area contributed by atoms with Crippen LogP contribution in [0.4, 0.5) is 21.9 Å². The van der Waals surface area contributed by atoms with Crippen LogP contribution in [0.2, 0.25) is 0 Å². The van der Waals surface area contributed by atoms with Gasteiger partial charge >= 0.3 is 12.0 Å². The maximum atomic E-state index is 12.9. The van der Waals surface area contributed by atoms with Crippen LogP contribution in [0.5, 0.6) is 0 Å². The van der Waals surface area contributed by atoms with E-state index in [0.717, 1.165) is 18.8 Å². The molecular weight excluding hydrogens is 342 g/mol. The van der Waals surface area contributed by atoms with E-state index in [4.69, 9.17) is 5.11 Å². The lowest BCUT2D eigenvalue weighted by Gasteiger charge is -2.29. The van der Waals surface area contributed by atoms with Crippen LogP contribution in [-0.4, -0.2) is 43.3 Å². The number of carboxylic acids is 1. The molecule has 0 saturated carbocycles. The summed E-state index contributed by atoms with van der Waals surface area (Å²) >= 11 is 0. The first kappa shape index (κ1) is 17.4. The van der Waals surface area contributed by atoms with Crippen molar-refractivity contribution in [2.24, 2.45) is 0 Å². The van der Waals surface area contributed by atoms with Gasteiger partial charge in [0, 0.05) is 43.2 Å². The van der Waals surface area contributed by atoms with Crippen LogP contribution in [0.25, 0.3) is 0 Å². The maximum absolute atomic E-state index is 12.9. The third-order valence-corrected chi connectivity index (χ3v) is 5.30. The van der Waals surface area contributed by atoms with Gasteiger partial charge in [0.05, 0.1) is 5.56 Å². The van der Waals surface area contributed by atoms with Crippen molar-refractivity contribution < 1.29 is 14.7 Å². The Kier molecular flexibility index (Phi) is 4.71. The summed E-state index contributed by atoms with van der Waals surface area (Å²) in [7, 11) is 0. The molecule has 0 unspecified atom stereocenters. The molecule has 0 atom stereocenters. The van der Waals surface area contributed by atoms with E-state index >= 15 is 0 Å². The van der Waals surface area contributed by atoms with Gasteiger partial charge in [0.1, 0.15) is 0 Å². The standard InChI is InChI=1S/C21H23N3O3/c25-20(26)16-5-4-6-19(15-16)24-14-13-23(21(24)27)18-9-7-17(8-10-18)22-11-2-1-3-12-22/h4-10,15H,1-3,11-14H2,(H,25,26). The number of hydrogen-bond acceptors (Lipinski definition) is 3. The lowest BCUT2D eigenvalue weighted by atomic mass is 10.1. The monoisotopic (exact) mass is 365 g/mol. The zero-order valence-corrected chi connectivity index (χ0v) is 15.2. The quantitative estimate of drug-likeness (QED) is 0.895. The van der Waals surface area contributed by atoms with E-state index in [2.05, 4.69) is 17.0 Å². The van der Waals surface area contributed by atoms with E-state index in [1.165, 1.54) is 31.0 Å². The molecule has 2 saturated heterocycles. The van der Waals surface area contributed by atoms with Gasteiger partial charge in [0.2, 0.25) is 0 Å². The van der Waals surface area contributed by atoms with Gasteiger partial charge in [-0.15, -0.1) is 0 Å². The van der Waals surface area contributed by atoms with Crippen molar-refractivity contribution in [1.29, 1.82) is 0 Å². The molecule has 0 bridgehead atoms. The van der Waals surface area contributed by atoms with Crippen molar-refractivity contribution in [1.82, 2.24) is 0 Å². The average molecular weight is 365 g/mol. The molecule has 0 radical (unpaired) electrons. The summed E-state index contributed by atoms with van der Waals surface area (Å²) in [4.78, 5) is 29.8. The van der Waals surface area contributed by atoms with Crippen LogP contribution in [0.3, 0.4) is 0 Å². The van der Waals surface area contributed by atoms with Gasteiger partial charge in [0.25, 0.3) is 0 Å². The Morgan fingerprint density at radius 3 is 2.07 bits per heavy atom. The van der Waals surface area contributed by atoms with E-state index in [0.29, 0.717) is 18.8 Å². The Hall–Kier alpha value is -3.02. The van der Waals surface area contributed by atoms with E-state index in [1.807, 2.05) is 12.1 Å². The molecular formula is C21H23N3O3. The molecule has 140 valence electrons. The molecule has 1 N–H and O–H groups in total. The van der Waals surface area contributed by atoms with Crippen molar-refractivity contribution in [3.8, 4) is 0 Å². The van der Waals surface area contributed by atoms with Crippen LogP contribution in [-0.2, 0) is 0 Å². The molecule has 6 nitrogen and oxygen atoms in total. The SMILES string of the molecule is O=C(O)c1cccc(N2CCN(c3ccc(N4CCCCC4)cc3)C2=O)c1. The van der Waals surface area contributed by atoms with Gasteiger partial charge in [-0.3, -0.25) is 9.80 Å². The fraction of sp³-hybridized carbons (Fsp3) is 0.333. The van der Waals surface area contributed by atoms with E-state index in [-0.39, 0.29) is 11.6 Å². The van der Waals surface area contributed by atoms with Crippen molar-refractivity contribution in [3.63, 3.8) is 0 Å². The molecule has 4 rings (SSSR count). The van der Waals surface area contributed by atoms with Crippen molar-refractivity contribution >= 4 is 29.1 Å². The highest BCUT2D eigenvalue weighted by Crippen LogP contribution is 2.28. The number of benzene rings is 2. The molecule has 2 amide bonds. The number of carbonyl (C=O) groups excluding carboxylic acids is 1. The van der Waals surface area contributed by atoms with Crippen molar-refractivity contribution in [2.75, 3.05) is 40.9 Å². The number of carbonyl (C=O) groups is 2. The molecule has 2 aromatic carbocycles. The molecule has 2 aliphatic heterocycles. The summed E-state index contributed by atoms with van der Waals surface area (Å²) in [5, 5.41) is 9.16. The highest BCUT2D eigenvalue weighted by Gasteiger charge is 2.31. The fourth-order valence-electron chi connectivity index (χ4n) is 3.82. The Morgan fingerprint density at radius 1 is 0.778 bits per heavy atom. The largest absolute Gasteiger partial charge is 0.478 e. The molecule has 2 heterocycles. The Bertz CT molecular complexity index is 844. The summed E-state index contributed by atoms with van der Waals surface area (Å²) in [6, 6.07) is 14.6. The minimum Gasteiger partial charge on any atom is -0.478 e. The maximum Gasteiger partial charge on any atom is 0.335 e. The third-order valence-electron chi connectivity index (χ3n) is 5.30. The number of rotatable bonds is 4. The lowest BCUT2D eigenvalue weighted by molar-refractivity contribution is 0.0697. The van der Waals surface area contributed by atoms with Crippen LogP contribution < -0.4 is 14.7 Å². The Balaban J connectivity index is 1.50. The van der Waals surface area contributed by atoms with E-state index < -0.39 is 5.97 Å².